The molecule has 0 unspecified atom stereocenters. The molecule has 0 fully saturated rings. The molecule has 0 saturated carbocycles. The van der Waals surface area contributed by atoms with E-state index in [1.807, 2.05) is 0 Å². The lowest BCUT2D eigenvalue weighted by atomic mass is 10.1. The summed E-state index contributed by atoms with van der Waals surface area (Å²) in [6, 6.07) is 8.94. The van der Waals surface area contributed by atoms with Crippen LogP contribution < -0.4 is 11.1 Å². The summed E-state index contributed by atoms with van der Waals surface area (Å²) in [5.41, 5.74) is 8.11. The van der Waals surface area contributed by atoms with E-state index in [-0.39, 0.29) is 0 Å². The molecule has 0 amide bonds. The van der Waals surface area contributed by atoms with Crippen LogP contribution in [0.4, 0.5) is 0 Å². The highest BCUT2D eigenvalue weighted by atomic mass is 14.9. The zero-order valence-corrected chi connectivity index (χ0v) is 8.38. The number of nitrogens with two attached hydrogens (primary N) is 1. The molecule has 2 nitrogen and oxygen atoms in total. The minimum absolute atomic E-state index is 0.390. The summed E-state index contributed by atoms with van der Waals surface area (Å²) in [6.07, 6.45) is 0. The largest absolute Gasteiger partial charge is 0.329 e. The van der Waals surface area contributed by atoms with Crippen molar-refractivity contribution >= 4 is 0 Å². The Morgan fingerprint density at radius 1 is 1.31 bits per heavy atom. The summed E-state index contributed by atoms with van der Waals surface area (Å²) in [7, 11) is 0. The van der Waals surface area contributed by atoms with Gasteiger partial charge in [0.1, 0.15) is 0 Å². The van der Waals surface area contributed by atoms with Gasteiger partial charge < -0.3 is 11.1 Å². The van der Waals surface area contributed by atoms with E-state index in [2.05, 4.69) is 43.4 Å². The molecule has 0 radical (unpaired) electrons. The lowest BCUT2D eigenvalue weighted by Gasteiger charge is -2.10. The van der Waals surface area contributed by atoms with Crippen molar-refractivity contribution in [2.75, 3.05) is 6.54 Å². The molecule has 0 spiro atoms. The van der Waals surface area contributed by atoms with E-state index in [1.165, 1.54) is 11.1 Å². The molecule has 1 aromatic carbocycles. The average Bonchev–Trinajstić information content (AvgIpc) is 2.16. The Hall–Kier alpha value is -0.860. The number of rotatable bonds is 4. The number of hydrogen-bond donors (Lipinski definition) is 2. The summed E-state index contributed by atoms with van der Waals surface area (Å²) < 4.78 is 0. The molecule has 72 valence electrons. The van der Waals surface area contributed by atoms with Crippen LogP contribution in [0.2, 0.25) is 0 Å². The Labute approximate surface area is 80.1 Å². The number of nitrogens with one attached hydrogen (secondary N) is 1. The topological polar surface area (TPSA) is 38.0 Å². The second-order valence-electron chi connectivity index (χ2n) is 3.50. The molecule has 0 bridgehead atoms. The number of benzene rings is 1. The normalized spacial score (nSPS) is 12.8. The maximum absolute atomic E-state index is 5.50. The van der Waals surface area contributed by atoms with E-state index in [0.717, 1.165) is 6.54 Å². The zero-order valence-electron chi connectivity index (χ0n) is 8.38. The van der Waals surface area contributed by atoms with Gasteiger partial charge in [0.15, 0.2) is 0 Å². The van der Waals surface area contributed by atoms with E-state index in [0.29, 0.717) is 12.6 Å². The molecular weight excluding hydrogens is 160 g/mol. The van der Waals surface area contributed by atoms with Gasteiger partial charge >= 0.3 is 0 Å². The molecular formula is C11H18N2. The van der Waals surface area contributed by atoms with Gasteiger partial charge in [0.05, 0.1) is 0 Å². The van der Waals surface area contributed by atoms with Crippen LogP contribution in [0.15, 0.2) is 24.3 Å². The van der Waals surface area contributed by atoms with E-state index < -0.39 is 0 Å². The molecule has 1 rings (SSSR count). The summed E-state index contributed by atoms with van der Waals surface area (Å²) in [4.78, 5) is 0. The van der Waals surface area contributed by atoms with Crippen LogP contribution in [0.5, 0.6) is 0 Å². The van der Waals surface area contributed by atoms with Gasteiger partial charge in [-0.15, -0.1) is 0 Å². The highest BCUT2D eigenvalue weighted by molar-refractivity contribution is 5.21. The maximum atomic E-state index is 5.50. The molecule has 0 saturated heterocycles. The van der Waals surface area contributed by atoms with Crippen molar-refractivity contribution in [3.63, 3.8) is 0 Å². The van der Waals surface area contributed by atoms with Crippen LogP contribution in [-0.4, -0.2) is 12.6 Å². The summed E-state index contributed by atoms with van der Waals surface area (Å²) >= 11 is 0. The second kappa shape index (κ2) is 5.00. The van der Waals surface area contributed by atoms with Crippen molar-refractivity contribution < 1.29 is 0 Å². The quantitative estimate of drug-likeness (QED) is 0.732. The number of aryl methyl sites for hydroxylation is 1. The third-order valence-corrected chi connectivity index (χ3v) is 2.13. The van der Waals surface area contributed by atoms with Gasteiger partial charge in [0, 0.05) is 19.1 Å². The molecule has 13 heavy (non-hydrogen) atoms. The fourth-order valence-electron chi connectivity index (χ4n) is 1.08. The van der Waals surface area contributed by atoms with Crippen LogP contribution in [0, 0.1) is 6.92 Å². The van der Waals surface area contributed by atoms with E-state index in [4.69, 9.17) is 5.73 Å². The Bertz CT molecular complexity index is 241. The van der Waals surface area contributed by atoms with Crippen molar-refractivity contribution in [2.45, 2.75) is 26.4 Å². The van der Waals surface area contributed by atoms with Gasteiger partial charge in [0.25, 0.3) is 0 Å². The summed E-state index contributed by atoms with van der Waals surface area (Å²) in [6.45, 7) is 5.78. The molecule has 1 aromatic rings. The lowest BCUT2D eigenvalue weighted by Crippen LogP contribution is -2.32. The van der Waals surface area contributed by atoms with Gasteiger partial charge in [-0.2, -0.15) is 0 Å². The molecule has 3 N–H and O–H groups in total. The Morgan fingerprint density at radius 2 is 1.92 bits per heavy atom. The smallest absolute Gasteiger partial charge is 0.0208 e. The third kappa shape index (κ3) is 3.57. The molecule has 0 aliphatic rings. The predicted molar refractivity (Wildman–Crippen MR) is 56.5 cm³/mol. The summed E-state index contributed by atoms with van der Waals surface area (Å²) in [5.74, 6) is 0. The van der Waals surface area contributed by atoms with Crippen LogP contribution in [0.1, 0.15) is 18.1 Å². The standard InChI is InChI=1S/C11H18N2/c1-9-3-5-11(6-4-9)8-13-10(2)7-12/h3-6,10,13H,7-8,12H2,1-2H3/t10-/m0/s1. The molecule has 0 heterocycles. The first kappa shape index (κ1) is 10.2. The van der Waals surface area contributed by atoms with Crippen LogP contribution in [0.25, 0.3) is 0 Å². The Kier molecular flexibility index (Phi) is 3.93. The summed E-state index contributed by atoms with van der Waals surface area (Å²) in [5, 5.41) is 3.34. The van der Waals surface area contributed by atoms with Crippen molar-refractivity contribution in [1.82, 2.24) is 5.32 Å². The van der Waals surface area contributed by atoms with Crippen LogP contribution in [0.3, 0.4) is 0 Å². The molecule has 2 heteroatoms. The van der Waals surface area contributed by atoms with Gasteiger partial charge in [-0.1, -0.05) is 29.8 Å². The van der Waals surface area contributed by atoms with E-state index in [1.54, 1.807) is 0 Å². The molecule has 0 aromatic heterocycles. The van der Waals surface area contributed by atoms with Crippen molar-refractivity contribution in [3.05, 3.63) is 35.4 Å². The predicted octanol–water partition coefficient (Wildman–Crippen LogP) is 1.43. The Balaban J connectivity index is 2.41. The zero-order chi connectivity index (χ0) is 9.68. The molecule has 0 aliphatic carbocycles. The fraction of sp³-hybridized carbons (Fsp3) is 0.455. The highest BCUT2D eigenvalue weighted by Crippen LogP contribution is 2.02. The highest BCUT2D eigenvalue weighted by Gasteiger charge is 1.97. The van der Waals surface area contributed by atoms with Crippen molar-refractivity contribution in [3.8, 4) is 0 Å². The Morgan fingerprint density at radius 3 is 2.46 bits per heavy atom. The first-order valence-corrected chi connectivity index (χ1v) is 4.71. The first-order valence-electron chi connectivity index (χ1n) is 4.71. The SMILES string of the molecule is Cc1ccc(CN[C@@H](C)CN)cc1. The van der Waals surface area contributed by atoms with Gasteiger partial charge in [-0.05, 0) is 19.4 Å². The van der Waals surface area contributed by atoms with E-state index >= 15 is 0 Å². The minimum Gasteiger partial charge on any atom is -0.329 e. The van der Waals surface area contributed by atoms with Crippen molar-refractivity contribution in [1.29, 1.82) is 0 Å². The molecule has 1 atom stereocenters. The second-order valence-corrected chi connectivity index (χ2v) is 3.50. The van der Waals surface area contributed by atoms with Gasteiger partial charge in [0.2, 0.25) is 0 Å². The molecule has 0 aliphatic heterocycles. The van der Waals surface area contributed by atoms with E-state index in [9.17, 15) is 0 Å². The average molecular weight is 178 g/mol. The monoisotopic (exact) mass is 178 g/mol. The minimum atomic E-state index is 0.390. The fourth-order valence-corrected chi connectivity index (χ4v) is 1.08. The van der Waals surface area contributed by atoms with Gasteiger partial charge in [-0.3, -0.25) is 0 Å². The van der Waals surface area contributed by atoms with Gasteiger partial charge in [-0.25, -0.2) is 0 Å². The number of hydrogen-bond acceptors (Lipinski definition) is 2. The third-order valence-electron chi connectivity index (χ3n) is 2.13. The first-order chi connectivity index (χ1) is 6.22. The van der Waals surface area contributed by atoms with Crippen LogP contribution >= 0.6 is 0 Å². The maximum Gasteiger partial charge on any atom is 0.0208 e. The van der Waals surface area contributed by atoms with Crippen LogP contribution in [-0.2, 0) is 6.54 Å². The van der Waals surface area contributed by atoms with Crippen molar-refractivity contribution in [2.24, 2.45) is 5.73 Å². The lowest BCUT2D eigenvalue weighted by molar-refractivity contribution is 0.556.